The number of hydrogen-bond donors (Lipinski definition) is 1. The molecule has 7 nitrogen and oxygen atoms in total. The van der Waals surface area contributed by atoms with E-state index in [9.17, 15) is 20.0 Å². The summed E-state index contributed by atoms with van der Waals surface area (Å²) < 4.78 is 1.67. The number of non-ortho nitro benzene ring substituents is 1. The lowest BCUT2D eigenvalue weighted by Crippen LogP contribution is -2.11. The highest BCUT2D eigenvalue weighted by Gasteiger charge is 2.21. The first-order valence-corrected chi connectivity index (χ1v) is 6.65. The number of imidazole rings is 1. The van der Waals surface area contributed by atoms with Crippen LogP contribution in [0.1, 0.15) is 34.6 Å². The molecule has 1 aromatic carbocycles. The van der Waals surface area contributed by atoms with Crippen LogP contribution in [0.15, 0.2) is 24.5 Å². The Balaban J connectivity index is 2.20. The molecule has 0 amide bonds. The molecular formula is C14H13N3O4. The highest BCUT2D eigenvalue weighted by molar-refractivity contribution is 5.92. The van der Waals surface area contributed by atoms with Crippen molar-refractivity contribution >= 4 is 11.7 Å². The van der Waals surface area contributed by atoms with Crippen molar-refractivity contribution in [1.29, 1.82) is 0 Å². The molecule has 108 valence electrons. The average molecular weight is 287 g/mol. The zero-order valence-corrected chi connectivity index (χ0v) is 11.2. The monoisotopic (exact) mass is 287 g/mol. The number of rotatable bonds is 3. The second-order valence-electron chi connectivity index (χ2n) is 4.98. The van der Waals surface area contributed by atoms with Crippen LogP contribution in [-0.2, 0) is 12.8 Å². The smallest absolute Gasteiger partial charge is 0.337 e. The van der Waals surface area contributed by atoms with Gasteiger partial charge in [0.05, 0.1) is 28.2 Å². The molecule has 21 heavy (non-hydrogen) atoms. The van der Waals surface area contributed by atoms with Crippen molar-refractivity contribution in [3.05, 3.63) is 51.6 Å². The molecule has 0 unspecified atom stereocenters. The number of nitrogens with zero attached hydrogens (tertiary/aromatic N) is 3. The Morgan fingerprint density at radius 2 is 2.10 bits per heavy atom. The minimum Gasteiger partial charge on any atom is -0.478 e. The molecule has 0 aliphatic heterocycles. The number of carbonyl (C=O) groups is 1. The lowest BCUT2D eigenvalue weighted by Gasteiger charge is -2.15. The highest BCUT2D eigenvalue weighted by Crippen LogP contribution is 2.27. The van der Waals surface area contributed by atoms with Crippen LogP contribution in [0.4, 0.5) is 5.69 Å². The molecule has 0 bridgehead atoms. The van der Waals surface area contributed by atoms with E-state index in [2.05, 4.69) is 4.98 Å². The number of aromatic nitrogens is 2. The number of fused-ring (bicyclic) bond motifs is 1. The van der Waals surface area contributed by atoms with Crippen LogP contribution in [0.5, 0.6) is 0 Å². The maximum atomic E-state index is 11.4. The van der Waals surface area contributed by atoms with Crippen LogP contribution in [-0.4, -0.2) is 25.6 Å². The SMILES string of the molecule is O=C(O)c1ccc([N+](=O)[O-])cc1-n1cnc2c1CCCC2. The van der Waals surface area contributed by atoms with Gasteiger partial charge in [0.25, 0.3) is 5.69 Å². The topological polar surface area (TPSA) is 98.3 Å². The van der Waals surface area contributed by atoms with Crippen LogP contribution in [0.2, 0.25) is 0 Å². The molecule has 1 aliphatic carbocycles. The molecule has 1 heterocycles. The molecule has 1 N–H and O–H groups in total. The Kier molecular flexibility index (Phi) is 3.17. The maximum absolute atomic E-state index is 11.4. The number of benzene rings is 1. The van der Waals surface area contributed by atoms with Crippen LogP contribution < -0.4 is 0 Å². The fourth-order valence-electron chi connectivity index (χ4n) is 2.69. The lowest BCUT2D eigenvalue weighted by atomic mass is 10.0. The van der Waals surface area contributed by atoms with Crippen molar-refractivity contribution < 1.29 is 14.8 Å². The van der Waals surface area contributed by atoms with Crippen molar-refractivity contribution in [3.63, 3.8) is 0 Å². The maximum Gasteiger partial charge on any atom is 0.337 e. The van der Waals surface area contributed by atoms with Gasteiger partial charge in [-0.2, -0.15) is 0 Å². The number of aromatic carboxylic acids is 1. The average Bonchev–Trinajstić information content (AvgIpc) is 2.90. The summed E-state index contributed by atoms with van der Waals surface area (Å²) in [7, 11) is 0. The molecule has 0 radical (unpaired) electrons. The van der Waals surface area contributed by atoms with E-state index in [0.717, 1.165) is 37.1 Å². The molecule has 0 spiro atoms. The van der Waals surface area contributed by atoms with Gasteiger partial charge in [-0.3, -0.25) is 10.1 Å². The lowest BCUT2D eigenvalue weighted by molar-refractivity contribution is -0.384. The normalized spacial score (nSPS) is 13.7. The first-order valence-electron chi connectivity index (χ1n) is 6.65. The van der Waals surface area contributed by atoms with E-state index in [0.29, 0.717) is 5.69 Å². The molecule has 7 heteroatoms. The third-order valence-electron chi connectivity index (χ3n) is 3.71. The van der Waals surface area contributed by atoms with Gasteiger partial charge in [0.2, 0.25) is 0 Å². The molecule has 3 rings (SSSR count). The van der Waals surface area contributed by atoms with E-state index in [1.807, 2.05) is 0 Å². The molecule has 0 fully saturated rings. The Morgan fingerprint density at radius 1 is 1.33 bits per heavy atom. The van der Waals surface area contributed by atoms with Gasteiger partial charge in [-0.05, 0) is 31.7 Å². The zero-order valence-electron chi connectivity index (χ0n) is 11.2. The third-order valence-corrected chi connectivity index (χ3v) is 3.71. The summed E-state index contributed by atoms with van der Waals surface area (Å²) in [6, 6.07) is 3.77. The van der Waals surface area contributed by atoms with Gasteiger partial charge in [0.15, 0.2) is 0 Å². The Morgan fingerprint density at radius 3 is 2.81 bits per heavy atom. The van der Waals surface area contributed by atoms with E-state index in [-0.39, 0.29) is 11.3 Å². The first-order chi connectivity index (χ1) is 10.1. The molecule has 0 saturated carbocycles. The minimum atomic E-state index is -1.11. The van der Waals surface area contributed by atoms with Gasteiger partial charge < -0.3 is 9.67 Å². The fourth-order valence-corrected chi connectivity index (χ4v) is 2.69. The number of nitro groups is 1. The van der Waals surface area contributed by atoms with Crippen molar-refractivity contribution in [3.8, 4) is 5.69 Å². The molecule has 1 aromatic heterocycles. The quantitative estimate of drug-likeness (QED) is 0.690. The predicted molar refractivity (Wildman–Crippen MR) is 73.8 cm³/mol. The first kappa shape index (κ1) is 13.3. The zero-order chi connectivity index (χ0) is 15.0. The Hall–Kier alpha value is -2.70. The number of hydrogen-bond acceptors (Lipinski definition) is 4. The number of nitro benzene ring substituents is 1. The second-order valence-corrected chi connectivity index (χ2v) is 4.98. The van der Waals surface area contributed by atoms with Crippen molar-refractivity contribution in [2.75, 3.05) is 0 Å². The summed E-state index contributed by atoms with van der Waals surface area (Å²) in [4.78, 5) is 26.1. The Labute approximate surface area is 120 Å². The molecule has 0 atom stereocenters. The molecule has 0 saturated heterocycles. The fraction of sp³-hybridized carbons (Fsp3) is 0.286. The molecule has 1 aliphatic rings. The van der Waals surface area contributed by atoms with Gasteiger partial charge in [-0.15, -0.1) is 0 Å². The summed E-state index contributed by atoms with van der Waals surface area (Å²) >= 11 is 0. The summed E-state index contributed by atoms with van der Waals surface area (Å²) in [6.45, 7) is 0. The number of carboxylic acids is 1. The summed E-state index contributed by atoms with van der Waals surface area (Å²) in [5.74, 6) is -1.11. The van der Waals surface area contributed by atoms with Gasteiger partial charge in [0, 0.05) is 17.8 Å². The van der Waals surface area contributed by atoms with Crippen LogP contribution in [0, 0.1) is 10.1 Å². The number of carboxylic acid groups (broad SMARTS) is 1. The summed E-state index contributed by atoms with van der Waals surface area (Å²) in [5.41, 5.74) is 2.10. The molecule has 2 aromatic rings. The standard InChI is InChI=1S/C14H13N3O4/c18-14(19)10-6-5-9(17(20)21)7-13(10)16-8-15-11-3-1-2-4-12(11)16/h5-8H,1-4H2,(H,18,19). The molecular weight excluding hydrogens is 274 g/mol. The second kappa shape index (κ2) is 5.01. The van der Waals surface area contributed by atoms with Crippen molar-refractivity contribution in [2.45, 2.75) is 25.7 Å². The van der Waals surface area contributed by atoms with E-state index in [4.69, 9.17) is 0 Å². The van der Waals surface area contributed by atoms with E-state index in [1.54, 1.807) is 10.9 Å². The van der Waals surface area contributed by atoms with Gasteiger partial charge in [-0.25, -0.2) is 9.78 Å². The van der Waals surface area contributed by atoms with Gasteiger partial charge in [-0.1, -0.05) is 0 Å². The van der Waals surface area contributed by atoms with E-state index < -0.39 is 10.9 Å². The summed E-state index contributed by atoms with van der Waals surface area (Å²) in [5, 5.41) is 20.2. The predicted octanol–water partition coefficient (Wildman–Crippen LogP) is 2.36. The van der Waals surface area contributed by atoms with Gasteiger partial charge in [0.1, 0.15) is 0 Å². The summed E-state index contributed by atoms with van der Waals surface area (Å²) in [6.07, 6.45) is 5.29. The Bertz CT molecular complexity index is 736. The van der Waals surface area contributed by atoms with E-state index >= 15 is 0 Å². The van der Waals surface area contributed by atoms with E-state index in [1.165, 1.54) is 18.2 Å². The van der Waals surface area contributed by atoms with Crippen LogP contribution in [0.3, 0.4) is 0 Å². The third kappa shape index (κ3) is 2.26. The number of aryl methyl sites for hydroxylation is 1. The van der Waals surface area contributed by atoms with Crippen LogP contribution >= 0.6 is 0 Å². The van der Waals surface area contributed by atoms with Crippen molar-refractivity contribution in [2.24, 2.45) is 0 Å². The highest BCUT2D eigenvalue weighted by atomic mass is 16.6. The minimum absolute atomic E-state index is 0.0337. The van der Waals surface area contributed by atoms with Gasteiger partial charge >= 0.3 is 5.97 Å². The van der Waals surface area contributed by atoms with Crippen LogP contribution in [0.25, 0.3) is 5.69 Å². The van der Waals surface area contributed by atoms with Crippen molar-refractivity contribution in [1.82, 2.24) is 9.55 Å². The largest absolute Gasteiger partial charge is 0.478 e.